The summed E-state index contributed by atoms with van der Waals surface area (Å²) in [5.41, 5.74) is 7.13. The monoisotopic (exact) mass is 490 g/mol. The van der Waals surface area contributed by atoms with Gasteiger partial charge in [0.15, 0.2) is 5.65 Å². The second kappa shape index (κ2) is 9.32. The van der Waals surface area contributed by atoms with E-state index < -0.39 is 0 Å². The lowest BCUT2D eigenvalue weighted by molar-refractivity contribution is 0.0950. The van der Waals surface area contributed by atoms with E-state index in [9.17, 15) is 4.79 Å². The molecule has 0 unspecified atom stereocenters. The van der Waals surface area contributed by atoms with Crippen LogP contribution in [-0.2, 0) is 0 Å². The van der Waals surface area contributed by atoms with Crippen molar-refractivity contribution in [3.05, 3.63) is 78.1 Å². The Hall–Kier alpha value is -4.26. The van der Waals surface area contributed by atoms with Crippen LogP contribution >= 0.6 is 0 Å². The summed E-state index contributed by atoms with van der Waals surface area (Å²) in [6.07, 6.45) is 5.80. The van der Waals surface area contributed by atoms with E-state index in [4.69, 9.17) is 10.1 Å². The molecule has 5 aromatic rings. The van der Waals surface area contributed by atoms with Crippen LogP contribution in [0.2, 0.25) is 0 Å². The molecule has 7 nitrogen and oxygen atoms in total. The van der Waals surface area contributed by atoms with Crippen LogP contribution in [0.3, 0.4) is 0 Å². The van der Waals surface area contributed by atoms with Crippen molar-refractivity contribution in [1.29, 1.82) is 0 Å². The number of benzene rings is 2. The van der Waals surface area contributed by atoms with Gasteiger partial charge in [-0.05, 0) is 55.0 Å². The number of anilines is 1. The zero-order chi connectivity index (χ0) is 25.5. The van der Waals surface area contributed by atoms with Crippen LogP contribution in [0.4, 0.5) is 5.82 Å². The van der Waals surface area contributed by atoms with Crippen molar-refractivity contribution in [1.82, 2.24) is 24.9 Å². The molecule has 0 spiro atoms. The van der Waals surface area contributed by atoms with E-state index in [1.165, 1.54) is 0 Å². The predicted molar refractivity (Wildman–Crippen MR) is 148 cm³/mol. The van der Waals surface area contributed by atoms with Crippen molar-refractivity contribution in [2.24, 2.45) is 5.92 Å². The zero-order valence-corrected chi connectivity index (χ0v) is 21.3. The van der Waals surface area contributed by atoms with Crippen LogP contribution < -0.4 is 10.6 Å². The fourth-order valence-electron chi connectivity index (χ4n) is 4.64. The molecule has 0 aliphatic heterocycles. The maximum atomic E-state index is 12.7. The number of rotatable bonds is 7. The first-order chi connectivity index (χ1) is 18.0. The Balaban J connectivity index is 1.48. The van der Waals surface area contributed by atoms with Gasteiger partial charge in [-0.2, -0.15) is 9.61 Å². The highest BCUT2D eigenvalue weighted by Crippen LogP contribution is 2.33. The minimum atomic E-state index is -0.00318. The number of fused-ring (bicyclic) bond motifs is 2. The fourth-order valence-corrected chi connectivity index (χ4v) is 4.64. The van der Waals surface area contributed by atoms with E-state index in [0.29, 0.717) is 17.5 Å². The summed E-state index contributed by atoms with van der Waals surface area (Å²) in [7, 11) is 0. The maximum absolute atomic E-state index is 12.7. The predicted octanol–water partition coefficient (Wildman–Crippen LogP) is 5.88. The number of hydrogen-bond donors (Lipinski definition) is 2. The summed E-state index contributed by atoms with van der Waals surface area (Å²) < 4.78 is 1.87. The molecule has 6 rings (SSSR count). The molecule has 186 valence electrons. The summed E-state index contributed by atoms with van der Waals surface area (Å²) in [6, 6.07) is 18.5. The molecule has 2 N–H and O–H groups in total. The van der Waals surface area contributed by atoms with Crippen LogP contribution in [-0.4, -0.2) is 38.1 Å². The van der Waals surface area contributed by atoms with E-state index in [1.54, 1.807) is 0 Å². The van der Waals surface area contributed by atoms with Gasteiger partial charge in [0.2, 0.25) is 0 Å². The Kier molecular flexibility index (Phi) is 5.83. The van der Waals surface area contributed by atoms with Crippen LogP contribution in [0.1, 0.15) is 42.6 Å². The Morgan fingerprint density at radius 2 is 1.95 bits per heavy atom. The van der Waals surface area contributed by atoms with Crippen LogP contribution in [0.5, 0.6) is 0 Å². The number of amides is 1. The standard InChI is InChI=1S/C30H30N6O/c1-18(2)16-32-28-15-27(24-6-4-8-26-23(24)7-5-13-31-26)35-29-25(17-33-36(28)29)20-9-12-22(19(3)14-20)30(37)34-21-10-11-21/h4-9,12-15,17-18,21,32H,10-11,16H2,1-3H3,(H,34,37). The van der Waals surface area contributed by atoms with Crippen molar-refractivity contribution < 1.29 is 4.79 Å². The van der Waals surface area contributed by atoms with Gasteiger partial charge >= 0.3 is 0 Å². The third-order valence-electron chi connectivity index (χ3n) is 6.78. The van der Waals surface area contributed by atoms with Crippen molar-refractivity contribution in [2.75, 3.05) is 11.9 Å². The molecule has 1 aliphatic carbocycles. The number of nitrogens with one attached hydrogen (secondary N) is 2. The first kappa shape index (κ1) is 23.2. The maximum Gasteiger partial charge on any atom is 0.251 e. The van der Waals surface area contributed by atoms with Crippen LogP contribution in [0.25, 0.3) is 38.9 Å². The summed E-state index contributed by atoms with van der Waals surface area (Å²) in [5, 5.41) is 12.4. The van der Waals surface area contributed by atoms with Crippen molar-refractivity contribution in [3.8, 4) is 22.4 Å². The van der Waals surface area contributed by atoms with Gasteiger partial charge in [-0.1, -0.05) is 44.2 Å². The third-order valence-corrected chi connectivity index (χ3v) is 6.78. The molecule has 1 aliphatic rings. The summed E-state index contributed by atoms with van der Waals surface area (Å²) in [5.74, 6) is 1.36. The van der Waals surface area contributed by atoms with Gasteiger partial charge in [0.1, 0.15) is 5.82 Å². The largest absolute Gasteiger partial charge is 0.370 e. The summed E-state index contributed by atoms with van der Waals surface area (Å²) in [6.45, 7) is 7.16. The highest BCUT2D eigenvalue weighted by molar-refractivity contribution is 5.97. The Labute approximate surface area is 216 Å². The number of hydrogen-bond acceptors (Lipinski definition) is 5. The number of pyridine rings is 1. The quantitative estimate of drug-likeness (QED) is 0.298. The SMILES string of the molecule is Cc1cc(-c2cnn3c(NCC(C)C)cc(-c4cccc5ncccc45)nc23)ccc1C(=O)NC1CC1. The van der Waals surface area contributed by atoms with E-state index in [2.05, 4.69) is 53.7 Å². The molecule has 7 heteroatoms. The second-order valence-electron chi connectivity index (χ2n) is 10.2. The number of carbonyl (C=O) groups excluding carboxylic acids is 1. The molecule has 2 aromatic carbocycles. The first-order valence-electron chi connectivity index (χ1n) is 12.9. The van der Waals surface area contributed by atoms with Gasteiger partial charge in [0.25, 0.3) is 5.91 Å². The molecule has 0 saturated heterocycles. The molecule has 3 aromatic heterocycles. The normalized spacial score (nSPS) is 13.4. The van der Waals surface area contributed by atoms with Crippen molar-refractivity contribution >= 4 is 28.3 Å². The van der Waals surface area contributed by atoms with E-state index in [0.717, 1.165) is 69.7 Å². The molecule has 1 fully saturated rings. The summed E-state index contributed by atoms with van der Waals surface area (Å²) in [4.78, 5) is 22.3. The summed E-state index contributed by atoms with van der Waals surface area (Å²) >= 11 is 0. The number of aryl methyl sites for hydroxylation is 1. The number of aromatic nitrogens is 4. The third kappa shape index (κ3) is 4.53. The van der Waals surface area contributed by atoms with E-state index in [1.807, 2.05) is 54.2 Å². The molecule has 1 saturated carbocycles. The minimum absolute atomic E-state index is 0.00318. The van der Waals surface area contributed by atoms with Gasteiger partial charge in [0.05, 0.1) is 17.4 Å². The smallest absolute Gasteiger partial charge is 0.251 e. The minimum Gasteiger partial charge on any atom is -0.370 e. The van der Waals surface area contributed by atoms with E-state index in [-0.39, 0.29) is 5.91 Å². The van der Waals surface area contributed by atoms with Gasteiger partial charge in [-0.3, -0.25) is 9.78 Å². The van der Waals surface area contributed by atoms with Crippen LogP contribution in [0.15, 0.2) is 67.0 Å². The Morgan fingerprint density at radius 3 is 2.73 bits per heavy atom. The molecule has 0 radical (unpaired) electrons. The first-order valence-corrected chi connectivity index (χ1v) is 12.9. The average Bonchev–Trinajstić information content (AvgIpc) is 3.61. The molecule has 1 amide bonds. The zero-order valence-electron chi connectivity index (χ0n) is 21.3. The van der Waals surface area contributed by atoms with Gasteiger partial charge in [-0.25, -0.2) is 4.98 Å². The van der Waals surface area contributed by atoms with Crippen molar-refractivity contribution in [3.63, 3.8) is 0 Å². The molecular formula is C30H30N6O. The van der Waals surface area contributed by atoms with Gasteiger partial charge < -0.3 is 10.6 Å². The second-order valence-corrected chi connectivity index (χ2v) is 10.2. The molecular weight excluding hydrogens is 460 g/mol. The lowest BCUT2D eigenvalue weighted by Crippen LogP contribution is -2.26. The van der Waals surface area contributed by atoms with Crippen LogP contribution in [0, 0.1) is 12.8 Å². The van der Waals surface area contributed by atoms with Gasteiger partial charge in [-0.15, -0.1) is 0 Å². The molecule has 3 heterocycles. The highest BCUT2D eigenvalue weighted by atomic mass is 16.1. The lowest BCUT2D eigenvalue weighted by Gasteiger charge is -2.14. The fraction of sp³-hybridized carbons (Fsp3) is 0.267. The van der Waals surface area contributed by atoms with Crippen molar-refractivity contribution in [2.45, 2.75) is 39.7 Å². The molecule has 0 bridgehead atoms. The Bertz CT molecular complexity index is 1630. The Morgan fingerprint density at radius 1 is 1.08 bits per heavy atom. The lowest BCUT2D eigenvalue weighted by atomic mass is 10.0. The molecule has 37 heavy (non-hydrogen) atoms. The highest BCUT2D eigenvalue weighted by Gasteiger charge is 2.24. The average molecular weight is 491 g/mol. The van der Waals surface area contributed by atoms with Gasteiger partial charge in [0, 0.05) is 46.9 Å². The topological polar surface area (TPSA) is 84.2 Å². The number of nitrogens with zero attached hydrogens (tertiary/aromatic N) is 4. The van der Waals surface area contributed by atoms with E-state index >= 15 is 0 Å². The number of carbonyl (C=O) groups is 1. The molecule has 0 atom stereocenters.